The van der Waals surface area contributed by atoms with Gasteiger partial charge in [-0.2, -0.15) is 0 Å². The van der Waals surface area contributed by atoms with Crippen LogP contribution in [-0.4, -0.2) is 30.2 Å². The molecule has 94 valence electrons. The van der Waals surface area contributed by atoms with Crippen molar-refractivity contribution in [1.29, 1.82) is 0 Å². The molecule has 0 bridgehead atoms. The van der Waals surface area contributed by atoms with Gasteiger partial charge >= 0.3 is 0 Å². The van der Waals surface area contributed by atoms with E-state index in [1.165, 1.54) is 0 Å². The van der Waals surface area contributed by atoms with Crippen molar-refractivity contribution in [3.05, 3.63) is 0 Å². The Hall–Kier alpha value is -0.860. The third kappa shape index (κ3) is 7.43. The van der Waals surface area contributed by atoms with E-state index in [4.69, 9.17) is 0 Å². The number of rotatable bonds is 8. The minimum atomic E-state index is 0.0858. The van der Waals surface area contributed by atoms with Crippen LogP contribution in [-0.2, 0) is 9.59 Å². The van der Waals surface area contributed by atoms with Crippen LogP contribution in [0.2, 0.25) is 0 Å². The first-order valence-electron chi connectivity index (χ1n) is 6.19. The van der Waals surface area contributed by atoms with E-state index >= 15 is 0 Å². The summed E-state index contributed by atoms with van der Waals surface area (Å²) in [4.78, 5) is 24.0. The predicted octanol–water partition coefficient (Wildman–Crippen LogP) is 2.64. The maximum Gasteiger partial charge on any atom is 0.224 e. The molecule has 0 rings (SSSR count). The Morgan fingerprint density at radius 2 is 1.62 bits per heavy atom. The van der Waals surface area contributed by atoms with Gasteiger partial charge in [0, 0.05) is 25.9 Å². The molecule has 0 N–H and O–H groups in total. The molecule has 0 radical (unpaired) electrons. The molecule has 0 atom stereocenters. The van der Waals surface area contributed by atoms with Crippen LogP contribution < -0.4 is 0 Å². The van der Waals surface area contributed by atoms with Crippen molar-refractivity contribution in [2.45, 2.75) is 52.9 Å². The molecule has 1 amide bonds. The summed E-state index contributed by atoms with van der Waals surface area (Å²) in [6.07, 6.45) is 4.90. The van der Waals surface area contributed by atoms with Gasteiger partial charge in [-0.25, -0.2) is 0 Å². The molecule has 0 aromatic rings. The molecule has 0 unspecified atom stereocenters. The summed E-state index contributed by atoms with van der Waals surface area (Å²) in [5, 5.41) is 0. The highest BCUT2D eigenvalue weighted by atomic mass is 16.2. The van der Waals surface area contributed by atoms with Gasteiger partial charge in [0.05, 0.1) is 0 Å². The van der Waals surface area contributed by atoms with Crippen molar-refractivity contribution in [2.75, 3.05) is 13.6 Å². The molecule has 16 heavy (non-hydrogen) atoms. The number of hydrogen-bond acceptors (Lipinski definition) is 2. The number of hydrogen-bond donors (Lipinski definition) is 0. The Morgan fingerprint density at radius 1 is 1.06 bits per heavy atom. The number of unbranched alkanes of at least 4 members (excludes halogenated alkanes) is 3. The number of carbonyl (C=O) groups excluding carboxylic acids is 2. The number of carbonyl (C=O) groups is 2. The van der Waals surface area contributed by atoms with Crippen LogP contribution in [0, 0.1) is 5.92 Å². The highest BCUT2D eigenvalue weighted by molar-refractivity contribution is 5.77. The Bertz CT molecular complexity index is 224. The first-order chi connectivity index (χ1) is 7.45. The molecule has 0 aliphatic carbocycles. The van der Waals surface area contributed by atoms with E-state index in [9.17, 15) is 9.59 Å². The zero-order chi connectivity index (χ0) is 12.6. The molecule has 0 aliphatic heterocycles. The van der Waals surface area contributed by atoms with E-state index in [0.29, 0.717) is 6.42 Å². The Morgan fingerprint density at radius 3 is 2.12 bits per heavy atom. The first-order valence-corrected chi connectivity index (χ1v) is 6.19. The van der Waals surface area contributed by atoms with Gasteiger partial charge in [-0.15, -0.1) is 0 Å². The average Bonchev–Trinajstić information content (AvgIpc) is 2.21. The Balaban J connectivity index is 3.44. The van der Waals surface area contributed by atoms with Crippen LogP contribution in [0.1, 0.15) is 52.9 Å². The van der Waals surface area contributed by atoms with Crippen LogP contribution >= 0.6 is 0 Å². The highest BCUT2D eigenvalue weighted by Crippen LogP contribution is 2.06. The second-order valence-electron chi connectivity index (χ2n) is 4.78. The van der Waals surface area contributed by atoms with Crippen LogP contribution in [0.4, 0.5) is 0 Å². The fraction of sp³-hybridized carbons (Fsp3) is 0.846. The summed E-state index contributed by atoms with van der Waals surface area (Å²) < 4.78 is 0. The minimum absolute atomic E-state index is 0.0858. The standard InChI is InChI=1S/C13H25NO2/c1-11(2)13(16)14(4)10-8-6-5-7-9-12(3)15/h11H,5-10H2,1-4H3. The van der Waals surface area contributed by atoms with Gasteiger partial charge in [-0.05, 0) is 19.8 Å². The van der Waals surface area contributed by atoms with E-state index in [1.807, 2.05) is 20.9 Å². The molecule has 0 aromatic carbocycles. The second kappa shape index (κ2) is 8.31. The molecule has 3 nitrogen and oxygen atoms in total. The third-order valence-electron chi connectivity index (χ3n) is 2.64. The van der Waals surface area contributed by atoms with Crippen molar-refractivity contribution in [3.8, 4) is 0 Å². The monoisotopic (exact) mass is 227 g/mol. The molecule has 0 saturated heterocycles. The molecular formula is C13H25NO2. The summed E-state index contributed by atoms with van der Waals surface area (Å²) in [7, 11) is 1.86. The van der Waals surface area contributed by atoms with E-state index in [-0.39, 0.29) is 17.6 Å². The lowest BCUT2D eigenvalue weighted by Crippen LogP contribution is -2.31. The van der Waals surface area contributed by atoms with E-state index in [0.717, 1.165) is 32.2 Å². The van der Waals surface area contributed by atoms with Gasteiger partial charge in [0.1, 0.15) is 5.78 Å². The first kappa shape index (κ1) is 15.1. The van der Waals surface area contributed by atoms with Gasteiger partial charge in [0.15, 0.2) is 0 Å². The summed E-state index contributed by atoms with van der Waals surface area (Å²) in [6.45, 7) is 6.31. The fourth-order valence-corrected chi connectivity index (χ4v) is 1.63. The average molecular weight is 227 g/mol. The Labute approximate surface area is 99.2 Å². The molecule has 0 heterocycles. The molecule has 0 aromatic heterocycles. The molecule has 3 heteroatoms. The Kier molecular flexibility index (Phi) is 7.86. The smallest absolute Gasteiger partial charge is 0.224 e. The third-order valence-corrected chi connectivity index (χ3v) is 2.64. The zero-order valence-electron chi connectivity index (χ0n) is 11.1. The fourth-order valence-electron chi connectivity index (χ4n) is 1.63. The number of ketones is 1. The summed E-state index contributed by atoms with van der Waals surface area (Å²) in [5.41, 5.74) is 0. The largest absolute Gasteiger partial charge is 0.346 e. The number of amides is 1. The van der Waals surface area contributed by atoms with Crippen LogP contribution in [0.3, 0.4) is 0 Å². The van der Waals surface area contributed by atoms with Crippen molar-refractivity contribution >= 4 is 11.7 Å². The second-order valence-corrected chi connectivity index (χ2v) is 4.78. The van der Waals surface area contributed by atoms with E-state index in [2.05, 4.69) is 0 Å². The number of nitrogens with zero attached hydrogens (tertiary/aromatic N) is 1. The molecule has 0 aliphatic rings. The van der Waals surface area contributed by atoms with Crippen molar-refractivity contribution < 1.29 is 9.59 Å². The van der Waals surface area contributed by atoms with Gasteiger partial charge in [-0.1, -0.05) is 26.7 Å². The molecular weight excluding hydrogens is 202 g/mol. The van der Waals surface area contributed by atoms with Gasteiger partial charge < -0.3 is 9.69 Å². The molecule has 0 saturated carbocycles. The molecule has 0 fully saturated rings. The molecule has 0 spiro atoms. The normalized spacial score (nSPS) is 10.6. The number of Topliss-reactive ketones (excluding diaryl/α,β-unsaturated/α-hetero) is 1. The summed E-state index contributed by atoms with van der Waals surface area (Å²) in [5.74, 6) is 0.568. The van der Waals surface area contributed by atoms with Crippen molar-refractivity contribution in [2.24, 2.45) is 5.92 Å². The zero-order valence-corrected chi connectivity index (χ0v) is 11.1. The predicted molar refractivity (Wildman–Crippen MR) is 66.2 cm³/mol. The lowest BCUT2D eigenvalue weighted by atomic mass is 10.1. The summed E-state index contributed by atoms with van der Waals surface area (Å²) >= 11 is 0. The van der Waals surface area contributed by atoms with Crippen molar-refractivity contribution in [1.82, 2.24) is 4.90 Å². The SMILES string of the molecule is CC(=O)CCCCCCN(C)C(=O)C(C)C. The lowest BCUT2D eigenvalue weighted by Gasteiger charge is -2.19. The highest BCUT2D eigenvalue weighted by Gasteiger charge is 2.11. The van der Waals surface area contributed by atoms with E-state index in [1.54, 1.807) is 11.8 Å². The summed E-state index contributed by atoms with van der Waals surface area (Å²) in [6, 6.07) is 0. The quantitative estimate of drug-likeness (QED) is 0.598. The van der Waals surface area contributed by atoms with E-state index < -0.39 is 0 Å². The van der Waals surface area contributed by atoms with Gasteiger partial charge in [0.2, 0.25) is 5.91 Å². The van der Waals surface area contributed by atoms with Gasteiger partial charge in [-0.3, -0.25) is 4.79 Å². The topological polar surface area (TPSA) is 37.4 Å². The maximum atomic E-state index is 11.5. The van der Waals surface area contributed by atoms with Crippen LogP contribution in [0.15, 0.2) is 0 Å². The lowest BCUT2D eigenvalue weighted by molar-refractivity contribution is -0.133. The van der Waals surface area contributed by atoms with Crippen LogP contribution in [0.25, 0.3) is 0 Å². The minimum Gasteiger partial charge on any atom is -0.346 e. The van der Waals surface area contributed by atoms with Crippen molar-refractivity contribution in [3.63, 3.8) is 0 Å². The van der Waals surface area contributed by atoms with Crippen LogP contribution in [0.5, 0.6) is 0 Å². The maximum absolute atomic E-state index is 11.5. The van der Waals surface area contributed by atoms with Gasteiger partial charge in [0.25, 0.3) is 0 Å².